The zero-order chi connectivity index (χ0) is 15.6. The molecule has 0 saturated carbocycles. The largest absolute Gasteiger partial charge is 0.378 e. The minimum absolute atomic E-state index is 0.00411. The summed E-state index contributed by atoms with van der Waals surface area (Å²) < 4.78 is 5.47. The summed E-state index contributed by atoms with van der Waals surface area (Å²) in [4.78, 5) is 24.8. The van der Waals surface area contributed by atoms with Crippen LogP contribution in [0.5, 0.6) is 0 Å². The third-order valence-corrected chi connectivity index (χ3v) is 4.51. The number of carbonyl (C=O) groups is 2. The number of hydrogen-bond donors (Lipinski definition) is 1. The molecule has 2 atom stereocenters. The maximum absolute atomic E-state index is 12.4. The SMILES string of the molecule is C[C@H]1C[C@@H](C(=O)Nc2sccc2C(=O)C(C)(C)C)CCO1. The fourth-order valence-electron chi connectivity index (χ4n) is 2.44. The van der Waals surface area contributed by atoms with E-state index in [0.717, 1.165) is 12.8 Å². The van der Waals surface area contributed by atoms with Gasteiger partial charge in [0.1, 0.15) is 5.00 Å². The quantitative estimate of drug-likeness (QED) is 0.866. The van der Waals surface area contributed by atoms with Crippen LogP contribution in [0.2, 0.25) is 0 Å². The highest BCUT2D eigenvalue weighted by atomic mass is 32.1. The first kappa shape index (κ1) is 16.2. The summed E-state index contributed by atoms with van der Waals surface area (Å²) in [6.07, 6.45) is 1.60. The molecule has 0 bridgehead atoms. The number of ketones is 1. The number of ether oxygens (including phenoxy) is 1. The monoisotopic (exact) mass is 309 g/mol. The molecule has 1 aromatic rings. The van der Waals surface area contributed by atoms with Gasteiger partial charge in [-0.05, 0) is 31.2 Å². The third-order valence-electron chi connectivity index (χ3n) is 3.68. The molecule has 2 heterocycles. The predicted molar refractivity (Wildman–Crippen MR) is 84.9 cm³/mol. The van der Waals surface area contributed by atoms with Gasteiger partial charge in [-0.25, -0.2) is 0 Å². The third kappa shape index (κ3) is 3.92. The zero-order valence-electron chi connectivity index (χ0n) is 13.1. The molecule has 1 fully saturated rings. The molecule has 0 spiro atoms. The van der Waals surface area contributed by atoms with Crippen molar-refractivity contribution < 1.29 is 14.3 Å². The van der Waals surface area contributed by atoms with Crippen LogP contribution in [0.15, 0.2) is 11.4 Å². The van der Waals surface area contributed by atoms with Crippen molar-refractivity contribution in [3.8, 4) is 0 Å². The van der Waals surface area contributed by atoms with Crippen molar-refractivity contribution in [3.63, 3.8) is 0 Å². The number of nitrogens with one attached hydrogen (secondary N) is 1. The van der Waals surface area contributed by atoms with Gasteiger partial charge in [-0.1, -0.05) is 20.8 Å². The lowest BCUT2D eigenvalue weighted by Gasteiger charge is -2.26. The van der Waals surface area contributed by atoms with Gasteiger partial charge in [0.25, 0.3) is 0 Å². The van der Waals surface area contributed by atoms with Crippen molar-refractivity contribution in [1.82, 2.24) is 0 Å². The van der Waals surface area contributed by atoms with Crippen molar-refractivity contribution in [1.29, 1.82) is 0 Å². The fraction of sp³-hybridized carbons (Fsp3) is 0.625. The van der Waals surface area contributed by atoms with Gasteiger partial charge in [0.15, 0.2) is 5.78 Å². The summed E-state index contributed by atoms with van der Waals surface area (Å²) in [6, 6.07) is 1.79. The molecule has 0 aromatic carbocycles. The number of carbonyl (C=O) groups excluding carboxylic acids is 2. The molecule has 116 valence electrons. The average Bonchev–Trinajstić information content (AvgIpc) is 2.84. The molecule has 1 aromatic heterocycles. The van der Waals surface area contributed by atoms with E-state index in [0.29, 0.717) is 17.2 Å². The normalized spacial score (nSPS) is 22.9. The molecule has 0 unspecified atom stereocenters. The molecule has 1 aliphatic heterocycles. The molecule has 2 rings (SSSR count). The Hall–Kier alpha value is -1.20. The molecule has 21 heavy (non-hydrogen) atoms. The van der Waals surface area contributed by atoms with Crippen molar-refractivity contribution in [2.75, 3.05) is 11.9 Å². The molecule has 1 saturated heterocycles. The van der Waals surface area contributed by atoms with Crippen LogP contribution in [-0.2, 0) is 9.53 Å². The number of thiophene rings is 1. The Kier molecular flexibility index (Phi) is 4.84. The highest BCUT2D eigenvalue weighted by Crippen LogP contribution is 2.31. The molecular formula is C16H23NO3S. The van der Waals surface area contributed by atoms with Crippen LogP contribution in [0, 0.1) is 11.3 Å². The Bertz CT molecular complexity index is 530. The predicted octanol–water partition coefficient (Wildman–Crippen LogP) is 3.73. The van der Waals surface area contributed by atoms with E-state index in [1.54, 1.807) is 6.07 Å². The molecular weight excluding hydrogens is 286 g/mol. The average molecular weight is 309 g/mol. The maximum Gasteiger partial charge on any atom is 0.228 e. The summed E-state index contributed by atoms with van der Waals surface area (Å²) in [5, 5.41) is 5.45. The van der Waals surface area contributed by atoms with Gasteiger partial charge in [0.05, 0.1) is 11.7 Å². The van der Waals surface area contributed by atoms with Crippen LogP contribution in [0.3, 0.4) is 0 Å². The van der Waals surface area contributed by atoms with Crippen LogP contribution in [0.1, 0.15) is 50.9 Å². The van der Waals surface area contributed by atoms with Crippen molar-refractivity contribution >= 4 is 28.0 Å². The Morgan fingerprint density at radius 2 is 2.10 bits per heavy atom. The van der Waals surface area contributed by atoms with Crippen LogP contribution < -0.4 is 5.32 Å². The van der Waals surface area contributed by atoms with Gasteiger partial charge in [-0.3, -0.25) is 9.59 Å². The minimum atomic E-state index is -0.451. The van der Waals surface area contributed by atoms with E-state index < -0.39 is 5.41 Å². The van der Waals surface area contributed by atoms with Crippen LogP contribution in [-0.4, -0.2) is 24.4 Å². The topological polar surface area (TPSA) is 55.4 Å². The summed E-state index contributed by atoms with van der Waals surface area (Å²) in [7, 11) is 0. The lowest BCUT2D eigenvalue weighted by molar-refractivity contribution is -0.124. The summed E-state index contributed by atoms with van der Waals surface area (Å²) in [5.41, 5.74) is 0.161. The molecule has 0 aliphatic carbocycles. The maximum atomic E-state index is 12.4. The molecule has 5 heteroatoms. The first-order valence-electron chi connectivity index (χ1n) is 7.34. The zero-order valence-corrected chi connectivity index (χ0v) is 13.9. The lowest BCUT2D eigenvalue weighted by Crippen LogP contribution is -2.32. The second kappa shape index (κ2) is 6.28. The summed E-state index contributed by atoms with van der Waals surface area (Å²) in [6.45, 7) is 8.27. The van der Waals surface area contributed by atoms with Crippen molar-refractivity contribution in [2.24, 2.45) is 11.3 Å². The van der Waals surface area contributed by atoms with Crippen molar-refractivity contribution in [2.45, 2.75) is 46.6 Å². The Morgan fingerprint density at radius 1 is 1.38 bits per heavy atom. The number of hydrogen-bond acceptors (Lipinski definition) is 4. The lowest BCUT2D eigenvalue weighted by atomic mass is 9.87. The van der Waals surface area contributed by atoms with Gasteiger partial charge in [0, 0.05) is 17.9 Å². The van der Waals surface area contributed by atoms with Crippen LogP contribution in [0.25, 0.3) is 0 Å². The van der Waals surface area contributed by atoms with Gasteiger partial charge < -0.3 is 10.1 Å². The van der Waals surface area contributed by atoms with Crippen molar-refractivity contribution in [3.05, 3.63) is 17.0 Å². The van der Waals surface area contributed by atoms with E-state index in [-0.39, 0.29) is 23.7 Å². The van der Waals surface area contributed by atoms with E-state index >= 15 is 0 Å². The molecule has 4 nitrogen and oxygen atoms in total. The Balaban J connectivity index is 2.08. The number of amides is 1. The van der Waals surface area contributed by atoms with Gasteiger partial charge >= 0.3 is 0 Å². The van der Waals surface area contributed by atoms with E-state index in [9.17, 15) is 9.59 Å². The van der Waals surface area contributed by atoms with E-state index in [1.165, 1.54) is 11.3 Å². The molecule has 1 amide bonds. The highest BCUT2D eigenvalue weighted by Gasteiger charge is 2.29. The number of rotatable bonds is 3. The first-order chi connectivity index (χ1) is 9.79. The number of anilines is 1. The van der Waals surface area contributed by atoms with E-state index in [1.807, 2.05) is 33.1 Å². The van der Waals surface area contributed by atoms with Crippen LogP contribution >= 0.6 is 11.3 Å². The van der Waals surface area contributed by atoms with Gasteiger partial charge in [-0.15, -0.1) is 11.3 Å². The van der Waals surface area contributed by atoms with E-state index in [2.05, 4.69) is 5.32 Å². The Labute approximate surface area is 129 Å². The smallest absolute Gasteiger partial charge is 0.228 e. The summed E-state index contributed by atoms with van der Waals surface area (Å²) in [5.74, 6) is 0.0170. The molecule has 1 N–H and O–H groups in total. The highest BCUT2D eigenvalue weighted by molar-refractivity contribution is 7.14. The second-order valence-electron chi connectivity index (χ2n) is 6.63. The van der Waals surface area contributed by atoms with Gasteiger partial charge in [-0.2, -0.15) is 0 Å². The Morgan fingerprint density at radius 3 is 2.71 bits per heavy atom. The fourth-order valence-corrected chi connectivity index (χ4v) is 3.23. The standard InChI is InChI=1S/C16H23NO3S/c1-10-9-11(5-7-20-10)14(19)17-15-12(6-8-21-15)13(18)16(2,3)4/h6,8,10-11H,5,7,9H2,1-4H3,(H,17,19)/t10-,11-/m0/s1. The number of Topliss-reactive ketones (excluding diaryl/α,β-unsaturated/α-hetero) is 1. The van der Waals surface area contributed by atoms with Crippen LogP contribution in [0.4, 0.5) is 5.00 Å². The molecule has 0 radical (unpaired) electrons. The summed E-state index contributed by atoms with van der Waals surface area (Å²) >= 11 is 1.40. The van der Waals surface area contributed by atoms with E-state index in [4.69, 9.17) is 4.74 Å². The van der Waals surface area contributed by atoms with Gasteiger partial charge in [0.2, 0.25) is 5.91 Å². The first-order valence-corrected chi connectivity index (χ1v) is 8.21. The molecule has 1 aliphatic rings. The second-order valence-corrected chi connectivity index (χ2v) is 7.55. The minimum Gasteiger partial charge on any atom is -0.378 e.